The van der Waals surface area contributed by atoms with Crippen molar-refractivity contribution in [1.82, 2.24) is 10.2 Å². The lowest BCUT2D eigenvalue weighted by molar-refractivity contribution is -0.139. The van der Waals surface area contributed by atoms with Gasteiger partial charge in [0.25, 0.3) is 5.91 Å². The Hall–Kier alpha value is -2.35. The van der Waals surface area contributed by atoms with Crippen LogP contribution in [0.3, 0.4) is 0 Å². The van der Waals surface area contributed by atoms with Crippen LogP contribution in [0.5, 0.6) is 0 Å². The highest BCUT2D eigenvalue weighted by Crippen LogP contribution is 2.23. The second kappa shape index (κ2) is 10.1. The normalized spacial score (nSPS) is 14.2. The summed E-state index contributed by atoms with van der Waals surface area (Å²) in [5, 5.41) is 6.50. The third-order valence-corrected chi connectivity index (χ3v) is 5.85. The average Bonchev–Trinajstić information content (AvgIpc) is 2.73. The zero-order valence-corrected chi connectivity index (χ0v) is 20.6. The van der Waals surface area contributed by atoms with Crippen molar-refractivity contribution < 1.29 is 9.59 Å². The first-order valence-corrected chi connectivity index (χ1v) is 11.4. The molecule has 1 saturated heterocycles. The number of hydrogen-bond donors (Lipinski definition) is 2. The van der Waals surface area contributed by atoms with E-state index in [0.29, 0.717) is 23.7 Å². The number of piperazine rings is 1. The molecule has 32 heavy (non-hydrogen) atoms. The van der Waals surface area contributed by atoms with E-state index in [0.717, 1.165) is 24.5 Å². The van der Waals surface area contributed by atoms with E-state index in [1.165, 1.54) is 6.07 Å². The van der Waals surface area contributed by atoms with Crippen molar-refractivity contribution in [2.24, 2.45) is 5.41 Å². The Morgan fingerprint density at radius 1 is 0.969 bits per heavy atom. The zero-order valence-electron chi connectivity index (χ0n) is 18.2. The average molecular weight is 493 g/mol. The Kier molecular flexibility index (Phi) is 7.64. The van der Waals surface area contributed by atoms with E-state index in [-0.39, 0.29) is 21.5 Å². The third kappa shape index (κ3) is 6.12. The third-order valence-electron chi connectivity index (χ3n) is 5.10. The van der Waals surface area contributed by atoms with Crippen LogP contribution in [-0.4, -0.2) is 48.0 Å². The fourth-order valence-electron chi connectivity index (χ4n) is 3.40. The van der Waals surface area contributed by atoms with Crippen LogP contribution in [0.2, 0.25) is 10.0 Å². The SMILES string of the molecule is CC(C)(C)C(=O)N1CCN(c2ccc(NC(=S)NC(=O)c3ccc(Cl)cc3Cl)cc2)CC1. The summed E-state index contributed by atoms with van der Waals surface area (Å²) in [7, 11) is 0. The summed E-state index contributed by atoms with van der Waals surface area (Å²) in [5.41, 5.74) is 1.76. The number of benzene rings is 2. The molecular formula is C23H26Cl2N4O2S. The van der Waals surface area contributed by atoms with Crippen LogP contribution in [0, 0.1) is 5.41 Å². The van der Waals surface area contributed by atoms with Gasteiger partial charge in [-0.1, -0.05) is 44.0 Å². The summed E-state index contributed by atoms with van der Waals surface area (Å²) in [4.78, 5) is 29.0. The van der Waals surface area contributed by atoms with Crippen molar-refractivity contribution in [3.63, 3.8) is 0 Å². The lowest BCUT2D eigenvalue weighted by Gasteiger charge is -2.38. The number of hydrogen-bond acceptors (Lipinski definition) is 4. The van der Waals surface area contributed by atoms with Gasteiger partial charge in [-0.3, -0.25) is 14.9 Å². The van der Waals surface area contributed by atoms with E-state index in [4.69, 9.17) is 35.4 Å². The van der Waals surface area contributed by atoms with Gasteiger partial charge in [-0.25, -0.2) is 0 Å². The molecule has 0 aromatic heterocycles. The van der Waals surface area contributed by atoms with Crippen LogP contribution < -0.4 is 15.5 Å². The van der Waals surface area contributed by atoms with Crippen molar-refractivity contribution in [1.29, 1.82) is 0 Å². The van der Waals surface area contributed by atoms with Crippen molar-refractivity contribution in [2.75, 3.05) is 36.4 Å². The van der Waals surface area contributed by atoms with E-state index in [1.807, 2.05) is 49.9 Å². The quantitative estimate of drug-likeness (QED) is 0.601. The molecule has 2 aromatic carbocycles. The number of carbonyl (C=O) groups is 2. The van der Waals surface area contributed by atoms with E-state index in [9.17, 15) is 9.59 Å². The highest BCUT2D eigenvalue weighted by atomic mass is 35.5. The molecule has 1 fully saturated rings. The van der Waals surface area contributed by atoms with Gasteiger partial charge in [-0.05, 0) is 54.7 Å². The summed E-state index contributed by atoms with van der Waals surface area (Å²) in [5.74, 6) is -0.226. The van der Waals surface area contributed by atoms with E-state index in [2.05, 4.69) is 15.5 Å². The minimum absolute atomic E-state index is 0.170. The smallest absolute Gasteiger partial charge is 0.258 e. The molecule has 6 nitrogen and oxygen atoms in total. The molecule has 1 heterocycles. The standard InChI is InChI=1S/C23H26Cl2N4O2S/c1-23(2,3)21(31)29-12-10-28(11-13-29)17-7-5-16(6-8-17)26-22(32)27-20(30)18-9-4-15(24)14-19(18)25/h4-9,14H,10-13H2,1-3H3,(H2,26,27,30,32). The maximum Gasteiger partial charge on any atom is 0.258 e. The molecule has 0 radical (unpaired) electrons. The van der Waals surface area contributed by atoms with E-state index >= 15 is 0 Å². The maximum atomic E-state index is 12.5. The second-order valence-corrected chi connectivity index (χ2v) is 9.86. The van der Waals surface area contributed by atoms with Crippen LogP contribution in [0.15, 0.2) is 42.5 Å². The second-order valence-electron chi connectivity index (χ2n) is 8.61. The molecule has 2 N–H and O–H groups in total. The Balaban J connectivity index is 1.53. The van der Waals surface area contributed by atoms with Gasteiger partial charge in [-0.15, -0.1) is 0 Å². The fourth-order valence-corrected chi connectivity index (χ4v) is 4.11. The first kappa shape index (κ1) is 24.3. The highest BCUT2D eigenvalue weighted by molar-refractivity contribution is 7.80. The molecule has 9 heteroatoms. The molecule has 1 aliphatic heterocycles. The predicted octanol–water partition coefficient (Wildman–Crippen LogP) is 4.81. The molecular weight excluding hydrogens is 467 g/mol. The number of rotatable bonds is 3. The van der Waals surface area contributed by atoms with Gasteiger partial charge in [0.1, 0.15) is 0 Å². The lowest BCUT2D eigenvalue weighted by Crippen LogP contribution is -2.51. The van der Waals surface area contributed by atoms with E-state index in [1.54, 1.807) is 12.1 Å². The minimum atomic E-state index is -0.413. The molecule has 0 unspecified atom stereocenters. The molecule has 0 atom stereocenters. The van der Waals surface area contributed by atoms with Crippen LogP contribution in [0.4, 0.5) is 11.4 Å². The van der Waals surface area contributed by atoms with Gasteiger partial charge in [0.15, 0.2) is 5.11 Å². The number of thiocarbonyl (C=S) groups is 1. The number of nitrogens with one attached hydrogen (secondary N) is 2. The molecule has 3 rings (SSSR count). The predicted molar refractivity (Wildman–Crippen MR) is 135 cm³/mol. The van der Waals surface area contributed by atoms with Crippen molar-refractivity contribution in [3.05, 3.63) is 58.1 Å². The molecule has 1 aliphatic rings. The van der Waals surface area contributed by atoms with Crippen molar-refractivity contribution >= 4 is 63.7 Å². The van der Waals surface area contributed by atoms with Crippen molar-refractivity contribution in [2.45, 2.75) is 20.8 Å². The largest absolute Gasteiger partial charge is 0.368 e. The van der Waals surface area contributed by atoms with Crippen LogP contribution in [0.1, 0.15) is 31.1 Å². The number of nitrogens with zero attached hydrogens (tertiary/aromatic N) is 2. The minimum Gasteiger partial charge on any atom is -0.368 e. The van der Waals surface area contributed by atoms with Gasteiger partial charge < -0.3 is 15.1 Å². The lowest BCUT2D eigenvalue weighted by atomic mass is 9.94. The number of halogens is 2. The number of anilines is 2. The van der Waals surface area contributed by atoms with E-state index < -0.39 is 5.91 Å². The summed E-state index contributed by atoms with van der Waals surface area (Å²) < 4.78 is 0. The monoisotopic (exact) mass is 492 g/mol. The highest BCUT2D eigenvalue weighted by Gasteiger charge is 2.29. The summed E-state index contributed by atoms with van der Waals surface area (Å²) in [6.45, 7) is 8.83. The van der Waals surface area contributed by atoms with Gasteiger partial charge in [0.05, 0.1) is 10.6 Å². The van der Waals surface area contributed by atoms with Crippen LogP contribution >= 0.6 is 35.4 Å². The summed E-state index contributed by atoms with van der Waals surface area (Å²) in [6.07, 6.45) is 0. The summed E-state index contributed by atoms with van der Waals surface area (Å²) >= 11 is 17.2. The number of amides is 2. The molecule has 0 spiro atoms. The fraction of sp³-hybridized carbons (Fsp3) is 0.348. The van der Waals surface area contributed by atoms with Crippen molar-refractivity contribution in [3.8, 4) is 0 Å². The van der Waals surface area contributed by atoms with Gasteiger partial charge in [0, 0.05) is 48.0 Å². The number of carbonyl (C=O) groups excluding carboxylic acids is 2. The molecule has 2 aromatic rings. The Labute approximate surface area is 203 Å². The van der Waals surface area contributed by atoms with Gasteiger partial charge in [0.2, 0.25) is 5.91 Å². The molecule has 0 saturated carbocycles. The molecule has 0 bridgehead atoms. The molecule has 170 valence electrons. The van der Waals surface area contributed by atoms with Crippen LogP contribution in [-0.2, 0) is 4.79 Å². The topological polar surface area (TPSA) is 64.7 Å². The molecule has 2 amide bonds. The Morgan fingerprint density at radius 2 is 1.59 bits per heavy atom. The van der Waals surface area contributed by atoms with Gasteiger partial charge >= 0.3 is 0 Å². The Bertz CT molecular complexity index is 1010. The first-order valence-electron chi connectivity index (χ1n) is 10.3. The maximum absolute atomic E-state index is 12.5. The van der Waals surface area contributed by atoms with Crippen LogP contribution in [0.25, 0.3) is 0 Å². The Morgan fingerprint density at radius 3 is 2.16 bits per heavy atom. The first-order chi connectivity index (χ1) is 15.0. The summed E-state index contributed by atoms with van der Waals surface area (Å²) in [6, 6.07) is 12.4. The zero-order chi connectivity index (χ0) is 23.5. The van der Waals surface area contributed by atoms with Gasteiger partial charge in [-0.2, -0.15) is 0 Å². The molecule has 0 aliphatic carbocycles.